The Hall–Kier alpha value is -4.63. The van der Waals surface area contributed by atoms with Gasteiger partial charge in [0, 0.05) is 30.2 Å². The van der Waals surface area contributed by atoms with Gasteiger partial charge in [-0.1, -0.05) is 12.1 Å². The van der Waals surface area contributed by atoms with Crippen LogP contribution in [-0.2, 0) is 76.2 Å². The third-order valence-electron chi connectivity index (χ3n) is 10.9. The summed E-state index contributed by atoms with van der Waals surface area (Å²) in [5, 5.41) is 16.1. The van der Waals surface area contributed by atoms with Crippen molar-refractivity contribution < 1.29 is 26.4 Å². The molecule has 4 N–H and O–H groups in total. The molecule has 0 saturated heterocycles. The smallest absolute Gasteiger partial charge is 0.307 e. The van der Waals surface area contributed by atoms with Gasteiger partial charge in [-0.05, 0) is 163 Å². The van der Waals surface area contributed by atoms with Crippen molar-refractivity contribution in [2.45, 2.75) is 140 Å². The van der Waals surface area contributed by atoms with E-state index in [1.165, 1.54) is 58.6 Å². The number of aromatic nitrogens is 4. The number of hydrogen-bond acceptors (Lipinski definition) is 9. The second kappa shape index (κ2) is 16.5. The molecule has 0 radical (unpaired) electrons. The second-order valence-electron chi connectivity index (χ2n) is 15.6. The van der Waals surface area contributed by atoms with E-state index in [1.807, 2.05) is 27.7 Å². The standard InChI is InChI=1S/C20H26N4O3S.C13H13NO.C7H13N3O2S/c1-12(2)24-11-18(13(3)22-24)28(26,27)23-20(25)21-19-16-8-4-6-14(16)10-15-7-5-9-17(15)19;15-8-14-13-11-5-1-3-9(11)7-10-4-2-6-12(10)13;1-5(2)10-4-7(6(3)9-10)13(8,11)12/h10-12H,4-9H2,1-3H3,(H2,21,23,25);7H,1-6H2;4-5H,1-3H3,(H2,8,11,12). The number of nitrogens with two attached hydrogens (primary N) is 1. The highest BCUT2D eigenvalue weighted by Gasteiger charge is 2.28. The molecule has 0 aliphatic heterocycles. The molecule has 2 aromatic carbocycles. The molecule has 0 spiro atoms. The van der Waals surface area contributed by atoms with Crippen LogP contribution in [0.5, 0.6) is 0 Å². The Bertz CT molecular complexity index is 2380. The van der Waals surface area contributed by atoms with Gasteiger partial charge in [0.05, 0.1) is 17.1 Å². The van der Waals surface area contributed by atoms with Crippen LogP contribution >= 0.6 is 0 Å². The minimum absolute atomic E-state index is 0.0277. The summed E-state index contributed by atoms with van der Waals surface area (Å²) in [7, 11) is -7.63. The van der Waals surface area contributed by atoms with E-state index in [0.717, 1.165) is 86.7 Å². The summed E-state index contributed by atoms with van der Waals surface area (Å²) in [6.45, 7) is 10.9. The Morgan fingerprint density at radius 2 is 1.12 bits per heavy atom. The number of aryl methyl sites for hydroxylation is 6. The lowest BCUT2D eigenvalue weighted by Gasteiger charge is -2.16. The highest BCUT2D eigenvalue weighted by molar-refractivity contribution is 7.90. The lowest BCUT2D eigenvalue weighted by Crippen LogP contribution is -2.35. The Morgan fingerprint density at radius 1 is 0.714 bits per heavy atom. The van der Waals surface area contributed by atoms with E-state index < -0.39 is 26.1 Å². The molecule has 0 fully saturated rings. The molecule has 16 heteroatoms. The number of hydrogen-bond donors (Lipinski definition) is 3. The zero-order valence-corrected chi connectivity index (χ0v) is 34.7. The van der Waals surface area contributed by atoms with E-state index in [0.29, 0.717) is 11.4 Å². The first kappa shape index (κ1) is 41.0. The zero-order chi connectivity index (χ0) is 40.5. The first-order valence-corrected chi connectivity index (χ1v) is 22.4. The third-order valence-corrected chi connectivity index (χ3v) is 13.4. The van der Waals surface area contributed by atoms with Gasteiger partial charge in [0.25, 0.3) is 10.0 Å². The molecule has 8 rings (SSSR count). The number of urea groups is 1. The largest absolute Gasteiger partial charge is 0.333 e. The Labute approximate surface area is 329 Å². The first-order valence-electron chi connectivity index (χ1n) is 19.4. The second-order valence-corrected chi connectivity index (χ2v) is 18.7. The Morgan fingerprint density at radius 3 is 1.52 bits per heavy atom. The lowest BCUT2D eigenvalue weighted by atomic mass is 9.99. The van der Waals surface area contributed by atoms with E-state index in [2.05, 4.69) is 37.4 Å². The molecule has 4 aromatic rings. The predicted molar refractivity (Wildman–Crippen MR) is 214 cm³/mol. The monoisotopic (exact) mass is 804 g/mol. The quantitative estimate of drug-likeness (QED) is 0.142. The van der Waals surface area contributed by atoms with Crippen LogP contribution in [0.2, 0.25) is 0 Å². The average Bonchev–Trinajstić information content (AvgIpc) is 3.96. The first-order chi connectivity index (χ1) is 26.5. The minimum atomic E-state index is -4.00. The number of anilines is 1. The maximum Gasteiger partial charge on any atom is 0.333 e. The number of fused-ring (bicyclic) bond motifs is 4. The van der Waals surface area contributed by atoms with Gasteiger partial charge in [0.1, 0.15) is 9.79 Å². The van der Waals surface area contributed by atoms with Crippen LogP contribution in [0, 0.1) is 13.8 Å². The van der Waals surface area contributed by atoms with Crippen molar-refractivity contribution in [3.63, 3.8) is 0 Å². The van der Waals surface area contributed by atoms with Crippen molar-refractivity contribution in [2.24, 2.45) is 10.1 Å². The van der Waals surface area contributed by atoms with Gasteiger partial charge in [-0.2, -0.15) is 15.2 Å². The van der Waals surface area contributed by atoms with Crippen molar-refractivity contribution in [1.82, 2.24) is 24.3 Å². The molecule has 4 aliphatic carbocycles. The summed E-state index contributed by atoms with van der Waals surface area (Å²) >= 11 is 0. The van der Waals surface area contributed by atoms with Crippen molar-refractivity contribution in [3.05, 3.63) is 80.4 Å². The number of primary sulfonamides is 1. The highest BCUT2D eigenvalue weighted by Crippen LogP contribution is 2.40. The highest BCUT2D eigenvalue weighted by atomic mass is 32.2. The van der Waals surface area contributed by atoms with Gasteiger partial charge in [-0.25, -0.2) is 36.3 Å². The minimum Gasteiger partial charge on any atom is -0.307 e. The van der Waals surface area contributed by atoms with Crippen molar-refractivity contribution in [1.29, 1.82) is 0 Å². The van der Waals surface area contributed by atoms with E-state index in [-0.39, 0.29) is 21.9 Å². The van der Waals surface area contributed by atoms with E-state index in [1.54, 1.807) is 29.3 Å². The number of amides is 2. The van der Waals surface area contributed by atoms with Crippen LogP contribution in [0.1, 0.15) is 121 Å². The number of rotatable bonds is 7. The maximum absolute atomic E-state index is 12.7. The van der Waals surface area contributed by atoms with E-state index in [4.69, 9.17) is 5.14 Å². The lowest BCUT2D eigenvalue weighted by molar-refractivity contribution is 0.256. The molecule has 4 aliphatic rings. The molecule has 0 atom stereocenters. The molecular formula is C40H52N8O6S2. The molecule has 0 unspecified atom stereocenters. The molecule has 2 amide bonds. The van der Waals surface area contributed by atoms with E-state index in [9.17, 15) is 26.4 Å². The van der Waals surface area contributed by atoms with Crippen molar-refractivity contribution in [3.8, 4) is 0 Å². The summed E-state index contributed by atoms with van der Waals surface area (Å²) in [6.07, 6.45) is 17.6. The fourth-order valence-corrected chi connectivity index (χ4v) is 10.0. The molecule has 56 heavy (non-hydrogen) atoms. The average molecular weight is 805 g/mol. The van der Waals surface area contributed by atoms with Crippen LogP contribution in [0.3, 0.4) is 0 Å². The molecular weight excluding hydrogens is 753 g/mol. The van der Waals surface area contributed by atoms with Gasteiger partial charge in [-0.3, -0.25) is 9.36 Å². The SMILES string of the molecule is Cc1nn(C(C)C)cc1S(=O)(=O)NC(=O)Nc1c2c(cc3c1CCC3)CCC2.Cc1nn(C(C)C)cc1S(N)(=O)=O.O=C=Nc1c2c(cc3c1CCC3)CCC2. The topological polar surface area (TPSA) is 200 Å². The number of carbonyl (C=O) groups is 1. The molecule has 14 nitrogen and oxygen atoms in total. The summed E-state index contributed by atoms with van der Waals surface area (Å²) in [6, 6.07) is 4.06. The number of isocyanates is 1. The Kier molecular flexibility index (Phi) is 12.1. The van der Waals surface area contributed by atoms with Gasteiger partial charge in [0.15, 0.2) is 0 Å². The summed E-state index contributed by atoms with van der Waals surface area (Å²) in [5.41, 5.74) is 13.0. The molecule has 0 saturated carbocycles. The molecule has 0 bridgehead atoms. The third kappa shape index (κ3) is 8.68. The van der Waals surface area contributed by atoms with Crippen molar-refractivity contribution >= 4 is 43.5 Å². The fraction of sp³-hybridized carbons (Fsp3) is 0.500. The van der Waals surface area contributed by atoms with Crippen LogP contribution in [0.25, 0.3) is 0 Å². The van der Waals surface area contributed by atoms with Gasteiger partial charge < -0.3 is 5.32 Å². The van der Waals surface area contributed by atoms with E-state index >= 15 is 0 Å². The summed E-state index contributed by atoms with van der Waals surface area (Å²) in [5.74, 6) is 0. The number of benzene rings is 2. The normalized spacial score (nSPS) is 15.2. The molecule has 300 valence electrons. The fourth-order valence-electron chi connectivity index (χ4n) is 8.25. The maximum atomic E-state index is 12.7. The summed E-state index contributed by atoms with van der Waals surface area (Å²) < 4.78 is 52.8. The van der Waals surface area contributed by atoms with Gasteiger partial charge in [0.2, 0.25) is 16.1 Å². The van der Waals surface area contributed by atoms with Crippen LogP contribution in [0.4, 0.5) is 16.2 Å². The van der Waals surface area contributed by atoms with Crippen molar-refractivity contribution in [2.75, 3.05) is 5.32 Å². The van der Waals surface area contributed by atoms with Crippen LogP contribution in [-0.4, -0.2) is 48.5 Å². The zero-order valence-electron chi connectivity index (χ0n) is 33.0. The van der Waals surface area contributed by atoms with Crippen LogP contribution < -0.4 is 15.2 Å². The molecule has 2 aromatic heterocycles. The van der Waals surface area contributed by atoms with Gasteiger partial charge in [-0.15, -0.1) is 0 Å². The van der Waals surface area contributed by atoms with Crippen LogP contribution in [0.15, 0.2) is 39.3 Å². The Balaban J connectivity index is 0.000000159. The number of nitrogens with one attached hydrogen (secondary N) is 2. The molecule has 2 heterocycles. The van der Waals surface area contributed by atoms with Gasteiger partial charge >= 0.3 is 6.03 Å². The number of nitrogens with zero attached hydrogens (tertiary/aromatic N) is 5. The number of aliphatic imine (C=N–C) groups is 1. The number of sulfonamides is 2. The number of carbonyl (C=O) groups excluding carboxylic acids is 2. The summed E-state index contributed by atoms with van der Waals surface area (Å²) in [4.78, 5) is 27.2. The predicted octanol–water partition coefficient (Wildman–Crippen LogP) is 6.31.